The van der Waals surface area contributed by atoms with E-state index in [4.69, 9.17) is 27.2 Å². The van der Waals surface area contributed by atoms with Gasteiger partial charge in [0.1, 0.15) is 23.2 Å². The molecule has 0 aliphatic heterocycles. The number of rotatable bonds is 3. The minimum Gasteiger partial charge on any atom is -0.427 e. The Kier molecular flexibility index (Phi) is 7.11. The van der Waals surface area contributed by atoms with Gasteiger partial charge >= 0.3 is 5.97 Å². The third kappa shape index (κ3) is 5.59. The molecule has 0 radical (unpaired) electrons. The first-order valence-electron chi connectivity index (χ1n) is 10.7. The molecule has 10 nitrogen and oxygen atoms in total. The molecule has 0 saturated carbocycles. The smallest absolute Gasteiger partial charge is 0.308 e. The van der Waals surface area contributed by atoms with Crippen LogP contribution in [-0.2, 0) is 10.2 Å². The quantitative estimate of drug-likeness (QED) is 0.301. The normalized spacial score (nSPS) is 10.7. The number of para-hydroxylation sites is 1. The molecule has 180 valence electrons. The van der Waals surface area contributed by atoms with E-state index in [0.717, 1.165) is 17.1 Å². The van der Waals surface area contributed by atoms with Gasteiger partial charge in [-0.05, 0) is 36.4 Å². The lowest BCUT2D eigenvalue weighted by molar-refractivity contribution is -0.131. The lowest BCUT2D eigenvalue weighted by Crippen LogP contribution is -2.14. The van der Waals surface area contributed by atoms with Crippen LogP contribution in [0.1, 0.15) is 39.0 Å². The van der Waals surface area contributed by atoms with Crippen LogP contribution in [0, 0.1) is 11.3 Å². The number of hydrogen-bond donors (Lipinski definition) is 3. The van der Waals surface area contributed by atoms with E-state index in [2.05, 4.69) is 10.2 Å². The second-order valence-electron chi connectivity index (χ2n) is 8.70. The highest BCUT2D eigenvalue weighted by atomic mass is 16.5. The Morgan fingerprint density at radius 2 is 1.54 bits per heavy atom. The van der Waals surface area contributed by atoms with Crippen molar-refractivity contribution < 1.29 is 9.53 Å². The summed E-state index contributed by atoms with van der Waals surface area (Å²) in [6.45, 7) is 7.44. The van der Waals surface area contributed by atoms with Crippen molar-refractivity contribution in [3.05, 3.63) is 72.1 Å². The number of nitrogen functional groups attached to an aromatic ring is 3. The summed E-state index contributed by atoms with van der Waals surface area (Å²) in [5.41, 5.74) is 20.9. The molecule has 2 aromatic carbocycles. The topological polar surface area (TPSA) is 164 Å². The van der Waals surface area contributed by atoms with Crippen molar-refractivity contribution in [1.82, 2.24) is 19.6 Å². The van der Waals surface area contributed by atoms with Crippen LogP contribution < -0.4 is 21.9 Å². The van der Waals surface area contributed by atoms with Gasteiger partial charge < -0.3 is 21.9 Å². The van der Waals surface area contributed by atoms with Crippen molar-refractivity contribution in [2.45, 2.75) is 33.1 Å². The average Bonchev–Trinajstić information content (AvgIpc) is 3.34. The first-order chi connectivity index (χ1) is 16.5. The van der Waals surface area contributed by atoms with Gasteiger partial charge in [0.05, 0.1) is 29.0 Å². The second kappa shape index (κ2) is 10.0. The van der Waals surface area contributed by atoms with Crippen molar-refractivity contribution in [1.29, 1.82) is 5.26 Å². The molecule has 0 bridgehead atoms. The Bertz CT molecular complexity index is 1360. The summed E-state index contributed by atoms with van der Waals surface area (Å²) >= 11 is 0. The maximum atomic E-state index is 10.9. The largest absolute Gasteiger partial charge is 0.427 e. The molecule has 4 rings (SSSR count). The minimum absolute atomic E-state index is 0.193. The number of nitrogens with zero attached hydrogens (tertiary/aromatic N) is 5. The number of anilines is 3. The van der Waals surface area contributed by atoms with Gasteiger partial charge in [0.25, 0.3) is 0 Å². The van der Waals surface area contributed by atoms with Crippen molar-refractivity contribution in [2.24, 2.45) is 0 Å². The average molecular weight is 473 g/mol. The van der Waals surface area contributed by atoms with E-state index in [9.17, 15) is 4.79 Å². The molecule has 0 saturated heterocycles. The predicted molar refractivity (Wildman–Crippen MR) is 135 cm³/mol. The lowest BCUT2D eigenvalue weighted by Gasteiger charge is -2.15. The van der Waals surface area contributed by atoms with E-state index in [-0.39, 0.29) is 11.4 Å². The number of ether oxygens (including phenoxy) is 1. The van der Waals surface area contributed by atoms with Gasteiger partial charge in [-0.15, -0.1) is 0 Å². The predicted octanol–water partition coefficient (Wildman–Crippen LogP) is 3.59. The molecular weight excluding hydrogens is 444 g/mol. The fourth-order valence-electron chi connectivity index (χ4n) is 3.23. The summed E-state index contributed by atoms with van der Waals surface area (Å²) in [5.74, 6) is 0.889. The molecular formula is C25H28N8O2. The molecule has 0 aliphatic carbocycles. The Morgan fingerprint density at radius 1 is 0.943 bits per heavy atom. The van der Waals surface area contributed by atoms with Crippen LogP contribution in [0.25, 0.3) is 11.4 Å². The maximum Gasteiger partial charge on any atom is 0.308 e. The number of carbonyl (C=O) groups excluding carboxylic acids is 1. The van der Waals surface area contributed by atoms with Gasteiger partial charge in [-0.2, -0.15) is 15.5 Å². The summed E-state index contributed by atoms with van der Waals surface area (Å²) < 4.78 is 8.12. The Balaban J connectivity index is 0.000000211. The third-order valence-electron chi connectivity index (χ3n) is 4.94. The van der Waals surface area contributed by atoms with Gasteiger partial charge in [-0.25, -0.2) is 9.36 Å². The van der Waals surface area contributed by atoms with Gasteiger partial charge in [0.15, 0.2) is 5.82 Å². The first kappa shape index (κ1) is 24.9. The molecule has 6 N–H and O–H groups in total. The van der Waals surface area contributed by atoms with E-state index in [0.29, 0.717) is 28.6 Å². The highest BCUT2D eigenvalue weighted by Gasteiger charge is 2.24. The van der Waals surface area contributed by atoms with Gasteiger partial charge in [0, 0.05) is 12.3 Å². The first-order valence-corrected chi connectivity index (χ1v) is 10.7. The molecule has 10 heteroatoms. The van der Waals surface area contributed by atoms with Crippen LogP contribution in [0.3, 0.4) is 0 Å². The SMILES string of the molecule is CC(=O)Oc1ccc(-n2nc(C(C)(C)C)c(N)c2N)cc1.N#Cc1cnn(-c2ccccc2)c1N. The highest BCUT2D eigenvalue weighted by Crippen LogP contribution is 2.32. The second-order valence-corrected chi connectivity index (χ2v) is 8.70. The molecule has 0 spiro atoms. The number of hydrogen-bond acceptors (Lipinski definition) is 8. The van der Waals surface area contributed by atoms with Crippen LogP contribution in [0.5, 0.6) is 5.75 Å². The Labute approximate surface area is 203 Å². The zero-order valence-corrected chi connectivity index (χ0v) is 20.1. The minimum atomic E-state index is -0.361. The van der Waals surface area contributed by atoms with Gasteiger partial charge in [-0.1, -0.05) is 39.0 Å². The third-order valence-corrected chi connectivity index (χ3v) is 4.94. The summed E-state index contributed by atoms with van der Waals surface area (Å²) in [5, 5.41) is 17.2. The van der Waals surface area contributed by atoms with E-state index in [1.807, 2.05) is 57.2 Å². The van der Waals surface area contributed by atoms with E-state index < -0.39 is 0 Å². The monoisotopic (exact) mass is 472 g/mol. The summed E-state index contributed by atoms with van der Waals surface area (Å²) in [4.78, 5) is 10.9. The van der Waals surface area contributed by atoms with Crippen molar-refractivity contribution in [3.63, 3.8) is 0 Å². The maximum absolute atomic E-state index is 10.9. The number of carbonyl (C=O) groups is 1. The van der Waals surface area contributed by atoms with E-state index in [1.54, 1.807) is 33.6 Å². The molecule has 35 heavy (non-hydrogen) atoms. The molecule has 2 aromatic heterocycles. The van der Waals surface area contributed by atoms with Crippen molar-refractivity contribution >= 4 is 23.3 Å². The van der Waals surface area contributed by atoms with E-state index >= 15 is 0 Å². The molecule has 0 atom stereocenters. The van der Waals surface area contributed by atoms with Crippen LogP contribution in [0.4, 0.5) is 17.3 Å². The molecule has 4 aromatic rings. The highest BCUT2D eigenvalue weighted by molar-refractivity contribution is 5.70. The fourth-order valence-corrected chi connectivity index (χ4v) is 3.23. The molecule has 0 aliphatic rings. The summed E-state index contributed by atoms with van der Waals surface area (Å²) in [6, 6.07) is 18.3. The zero-order chi connectivity index (χ0) is 25.8. The number of esters is 1. The lowest BCUT2D eigenvalue weighted by atomic mass is 9.91. The van der Waals surface area contributed by atoms with Crippen molar-refractivity contribution in [2.75, 3.05) is 17.2 Å². The van der Waals surface area contributed by atoms with E-state index in [1.165, 1.54) is 13.1 Å². The number of benzene rings is 2. The summed E-state index contributed by atoms with van der Waals surface area (Å²) in [7, 11) is 0. The number of nitriles is 1. The molecule has 0 fully saturated rings. The Hall–Kier alpha value is -4.78. The van der Waals surface area contributed by atoms with Crippen LogP contribution in [0.2, 0.25) is 0 Å². The van der Waals surface area contributed by atoms with Crippen LogP contribution >= 0.6 is 0 Å². The van der Waals surface area contributed by atoms with Gasteiger partial charge in [-0.3, -0.25) is 4.79 Å². The molecule has 0 unspecified atom stereocenters. The zero-order valence-electron chi connectivity index (χ0n) is 20.1. The van der Waals surface area contributed by atoms with Gasteiger partial charge in [0.2, 0.25) is 0 Å². The van der Waals surface area contributed by atoms with Crippen LogP contribution in [-0.4, -0.2) is 25.5 Å². The van der Waals surface area contributed by atoms with Crippen LogP contribution in [0.15, 0.2) is 60.8 Å². The molecule has 0 amide bonds. The number of nitrogens with two attached hydrogens (primary N) is 3. The summed E-state index contributed by atoms with van der Waals surface area (Å²) in [6.07, 6.45) is 1.46. The number of aromatic nitrogens is 4. The fraction of sp³-hybridized carbons (Fsp3) is 0.200. The Morgan fingerprint density at radius 3 is 2.03 bits per heavy atom. The molecule has 2 heterocycles. The van der Waals surface area contributed by atoms with Crippen molar-refractivity contribution in [3.8, 4) is 23.2 Å². The standard InChI is InChI=1S/C15H20N4O2.C10H8N4/c1-9(20)21-11-7-5-10(6-8-11)19-14(17)12(16)13(18-19)15(2,3)4;11-6-8-7-13-14(10(8)12)9-4-2-1-3-5-9/h5-8H,16-17H2,1-4H3;1-5,7H,12H2.